The average molecular weight is 524 g/mol. The van der Waals surface area contributed by atoms with Crippen molar-refractivity contribution in [3.8, 4) is 22.1 Å². The van der Waals surface area contributed by atoms with Crippen LogP contribution in [-0.2, 0) is 6.54 Å². The van der Waals surface area contributed by atoms with E-state index in [9.17, 15) is 0 Å². The fourth-order valence-corrected chi connectivity index (χ4v) is 3.44. The van der Waals surface area contributed by atoms with E-state index < -0.39 is 0 Å². The predicted octanol–water partition coefficient (Wildman–Crippen LogP) is 5.02. The molecule has 154 valence electrons. The fourth-order valence-electron chi connectivity index (χ4n) is 2.61. The minimum atomic E-state index is 0. The van der Waals surface area contributed by atoms with Crippen molar-refractivity contribution in [3.05, 3.63) is 59.6 Å². The van der Waals surface area contributed by atoms with Crippen molar-refractivity contribution < 1.29 is 9.47 Å². The van der Waals surface area contributed by atoms with Crippen LogP contribution in [0, 0.1) is 0 Å². The number of nitrogens with one attached hydrogen (secondary N) is 2. The molecule has 0 spiro atoms. The molecule has 0 amide bonds. The van der Waals surface area contributed by atoms with Gasteiger partial charge in [0.05, 0.1) is 26.0 Å². The highest BCUT2D eigenvalue weighted by atomic mass is 127. The Bertz CT molecular complexity index is 931. The van der Waals surface area contributed by atoms with Crippen molar-refractivity contribution in [1.82, 2.24) is 10.3 Å². The second-order valence-corrected chi connectivity index (χ2v) is 6.72. The van der Waals surface area contributed by atoms with Crippen molar-refractivity contribution in [3.63, 3.8) is 0 Å². The van der Waals surface area contributed by atoms with Gasteiger partial charge in [0.2, 0.25) is 0 Å². The number of anilines is 1. The number of methoxy groups -OCH3 is 1. The van der Waals surface area contributed by atoms with Gasteiger partial charge in [0, 0.05) is 29.7 Å². The van der Waals surface area contributed by atoms with Gasteiger partial charge in [-0.15, -0.1) is 35.3 Å². The molecule has 1 aromatic heterocycles. The van der Waals surface area contributed by atoms with E-state index in [1.54, 1.807) is 25.5 Å². The summed E-state index contributed by atoms with van der Waals surface area (Å²) in [4.78, 5) is 8.97. The maximum atomic E-state index is 5.62. The molecule has 2 aromatic carbocycles. The fraction of sp³-hybridized carbons (Fsp3) is 0.238. The Labute approximate surface area is 192 Å². The lowest BCUT2D eigenvalue weighted by Crippen LogP contribution is -2.30. The number of hydrogen-bond donors (Lipinski definition) is 2. The van der Waals surface area contributed by atoms with Gasteiger partial charge in [0.1, 0.15) is 5.01 Å². The zero-order valence-corrected chi connectivity index (χ0v) is 19.8. The lowest BCUT2D eigenvalue weighted by atomic mass is 10.2. The third-order valence-corrected chi connectivity index (χ3v) is 4.90. The first-order valence-corrected chi connectivity index (χ1v) is 9.89. The van der Waals surface area contributed by atoms with Crippen LogP contribution in [0.5, 0.6) is 11.5 Å². The van der Waals surface area contributed by atoms with Gasteiger partial charge in [-0.2, -0.15) is 0 Å². The molecule has 3 rings (SSSR count). The summed E-state index contributed by atoms with van der Waals surface area (Å²) in [6.07, 6.45) is 0. The minimum Gasteiger partial charge on any atom is -0.493 e. The van der Waals surface area contributed by atoms with Gasteiger partial charge in [-0.25, -0.2) is 4.98 Å². The summed E-state index contributed by atoms with van der Waals surface area (Å²) < 4.78 is 10.9. The molecule has 0 bridgehead atoms. The lowest BCUT2D eigenvalue weighted by molar-refractivity contribution is 0.311. The first-order valence-electron chi connectivity index (χ1n) is 9.01. The van der Waals surface area contributed by atoms with Gasteiger partial charge in [-0.3, -0.25) is 4.99 Å². The van der Waals surface area contributed by atoms with Crippen LogP contribution in [0.4, 0.5) is 5.69 Å². The molecular weight excluding hydrogens is 499 g/mol. The molecular formula is C21H25IN4O2S. The number of guanidine groups is 1. The third kappa shape index (κ3) is 6.33. The maximum Gasteiger partial charge on any atom is 0.195 e. The van der Waals surface area contributed by atoms with Crippen molar-refractivity contribution in [2.24, 2.45) is 4.99 Å². The summed E-state index contributed by atoms with van der Waals surface area (Å²) in [6, 6.07) is 15.9. The Balaban J connectivity index is 0.00000300. The summed E-state index contributed by atoms with van der Waals surface area (Å²) in [5.41, 5.74) is 2.96. The largest absolute Gasteiger partial charge is 0.493 e. The smallest absolute Gasteiger partial charge is 0.195 e. The van der Waals surface area contributed by atoms with Crippen molar-refractivity contribution in [1.29, 1.82) is 0 Å². The monoisotopic (exact) mass is 524 g/mol. The first kappa shape index (κ1) is 23.0. The third-order valence-electron chi connectivity index (χ3n) is 3.96. The van der Waals surface area contributed by atoms with Gasteiger partial charge in [0.25, 0.3) is 0 Å². The van der Waals surface area contributed by atoms with E-state index >= 15 is 0 Å². The van der Waals surface area contributed by atoms with E-state index in [-0.39, 0.29) is 24.0 Å². The van der Waals surface area contributed by atoms with Crippen molar-refractivity contribution >= 4 is 47.0 Å². The van der Waals surface area contributed by atoms with Gasteiger partial charge >= 0.3 is 0 Å². The van der Waals surface area contributed by atoms with Gasteiger partial charge < -0.3 is 20.1 Å². The number of nitrogens with zero attached hydrogens (tertiary/aromatic N) is 2. The highest BCUT2D eigenvalue weighted by Crippen LogP contribution is 2.30. The number of thiazole rings is 1. The van der Waals surface area contributed by atoms with Gasteiger partial charge in [-0.05, 0) is 19.1 Å². The van der Waals surface area contributed by atoms with Crippen LogP contribution in [-0.4, -0.2) is 31.7 Å². The van der Waals surface area contributed by atoms with Crippen LogP contribution in [0.15, 0.2) is 58.9 Å². The van der Waals surface area contributed by atoms with Crippen LogP contribution in [0.2, 0.25) is 0 Å². The molecule has 0 aliphatic heterocycles. The van der Waals surface area contributed by atoms with Crippen LogP contribution in [0.25, 0.3) is 10.6 Å². The summed E-state index contributed by atoms with van der Waals surface area (Å²) in [7, 11) is 3.36. The molecule has 0 unspecified atom stereocenters. The second-order valence-electron chi connectivity index (χ2n) is 5.86. The predicted molar refractivity (Wildman–Crippen MR) is 131 cm³/mol. The molecule has 3 aromatic rings. The molecule has 0 aliphatic carbocycles. The number of hydrogen-bond acceptors (Lipinski definition) is 5. The van der Waals surface area contributed by atoms with Crippen LogP contribution in [0.1, 0.15) is 12.6 Å². The quantitative estimate of drug-likeness (QED) is 0.258. The number of halogens is 1. The van der Waals surface area contributed by atoms with Crippen LogP contribution < -0.4 is 20.1 Å². The van der Waals surface area contributed by atoms with E-state index in [4.69, 9.17) is 14.5 Å². The summed E-state index contributed by atoms with van der Waals surface area (Å²) in [6.45, 7) is 3.09. The molecule has 0 saturated carbocycles. The minimum absolute atomic E-state index is 0. The molecule has 1 heterocycles. The molecule has 29 heavy (non-hydrogen) atoms. The molecule has 0 fully saturated rings. The Morgan fingerprint density at radius 2 is 1.93 bits per heavy atom. The molecule has 0 radical (unpaired) electrons. The lowest BCUT2D eigenvalue weighted by Gasteiger charge is -2.14. The number of benzene rings is 2. The average Bonchev–Trinajstić information content (AvgIpc) is 3.21. The molecule has 0 aliphatic rings. The first-order chi connectivity index (χ1) is 13.7. The van der Waals surface area contributed by atoms with E-state index in [1.807, 2.05) is 43.3 Å². The highest BCUT2D eigenvalue weighted by Gasteiger charge is 2.08. The molecule has 0 atom stereocenters. The summed E-state index contributed by atoms with van der Waals surface area (Å²) >= 11 is 1.64. The number of aromatic nitrogens is 1. The van der Waals surface area contributed by atoms with Crippen LogP contribution in [0.3, 0.4) is 0 Å². The Morgan fingerprint density at radius 3 is 2.62 bits per heavy atom. The maximum absolute atomic E-state index is 5.62. The number of aliphatic imine (C=N–C) groups is 1. The standard InChI is InChI=1S/C21H24N4O2S.HI/c1-4-27-19-12-16(10-11-18(19)26-3)25-21(22-2)23-13-17-14-28-20(24-17)15-8-6-5-7-9-15;/h5-12,14H,4,13H2,1-3H3,(H2,22,23,25);1H. The van der Waals surface area contributed by atoms with E-state index in [0.717, 1.165) is 22.0 Å². The zero-order chi connectivity index (χ0) is 19.8. The SMILES string of the molecule is CCOc1cc(NC(=NC)NCc2csc(-c3ccccc3)n2)ccc1OC.I. The van der Waals surface area contributed by atoms with Gasteiger partial charge in [0.15, 0.2) is 17.5 Å². The number of ether oxygens (including phenoxy) is 2. The second kappa shape index (κ2) is 11.6. The Morgan fingerprint density at radius 1 is 1.14 bits per heavy atom. The zero-order valence-electron chi connectivity index (χ0n) is 16.6. The topological polar surface area (TPSA) is 67.8 Å². The van der Waals surface area contributed by atoms with Gasteiger partial charge in [-0.1, -0.05) is 30.3 Å². The molecule has 8 heteroatoms. The van der Waals surface area contributed by atoms with Crippen molar-refractivity contribution in [2.45, 2.75) is 13.5 Å². The summed E-state index contributed by atoms with van der Waals surface area (Å²) in [5.74, 6) is 2.05. The van der Waals surface area contributed by atoms with E-state index in [2.05, 4.69) is 33.1 Å². The molecule has 2 N–H and O–H groups in total. The highest BCUT2D eigenvalue weighted by molar-refractivity contribution is 14.0. The van der Waals surface area contributed by atoms with Crippen LogP contribution >= 0.6 is 35.3 Å². The Kier molecular flexibility index (Phi) is 9.20. The summed E-state index contributed by atoms with van der Waals surface area (Å²) in [5, 5.41) is 9.63. The number of rotatable bonds is 7. The van der Waals surface area contributed by atoms with E-state index in [1.165, 1.54) is 0 Å². The molecule has 6 nitrogen and oxygen atoms in total. The Hall–Kier alpha value is -2.33. The van der Waals surface area contributed by atoms with Crippen molar-refractivity contribution in [2.75, 3.05) is 26.1 Å². The molecule has 0 saturated heterocycles. The normalized spacial score (nSPS) is 10.8. The van der Waals surface area contributed by atoms with E-state index in [0.29, 0.717) is 30.6 Å².